The molecule has 0 fully saturated rings. The maximum atomic E-state index is 5.83. The molecule has 2 rings (SSSR count). The van der Waals surface area contributed by atoms with Crippen LogP contribution >= 0.6 is 43.5 Å². The second-order valence-electron chi connectivity index (χ2n) is 3.01. The lowest BCUT2D eigenvalue weighted by molar-refractivity contribution is 0.871. The van der Waals surface area contributed by atoms with Crippen molar-refractivity contribution in [3.8, 4) is 5.69 Å². The summed E-state index contributed by atoms with van der Waals surface area (Å²) in [6.45, 7) is 0. The predicted octanol–water partition coefficient (Wildman–Crippen LogP) is 4.18. The van der Waals surface area contributed by atoms with Crippen molar-refractivity contribution in [2.75, 3.05) is 0 Å². The first kappa shape index (κ1) is 11.2. The summed E-state index contributed by atoms with van der Waals surface area (Å²) in [6, 6.07) is 6.04. The predicted molar refractivity (Wildman–Crippen MR) is 68.9 cm³/mol. The van der Waals surface area contributed by atoms with Crippen LogP contribution in [0.5, 0.6) is 0 Å². The van der Waals surface area contributed by atoms with E-state index in [1.54, 1.807) is 17.1 Å². The second kappa shape index (κ2) is 4.68. The molecule has 0 amide bonds. The molecule has 1 aromatic carbocycles. The van der Waals surface area contributed by atoms with Crippen molar-refractivity contribution in [1.29, 1.82) is 0 Å². The Morgan fingerprint density at radius 1 is 1.40 bits per heavy atom. The Morgan fingerprint density at radius 2 is 2.20 bits per heavy atom. The third-order valence-electron chi connectivity index (χ3n) is 1.98. The smallest absolute Gasteiger partial charge is 0.0790 e. The molecule has 0 aliphatic heterocycles. The zero-order valence-electron chi connectivity index (χ0n) is 7.62. The van der Waals surface area contributed by atoms with Crippen LogP contribution in [0.1, 0.15) is 5.56 Å². The Bertz CT molecular complexity index is 482. The maximum Gasteiger partial charge on any atom is 0.0790 e. The van der Waals surface area contributed by atoms with Gasteiger partial charge in [-0.1, -0.05) is 43.5 Å². The highest BCUT2D eigenvalue weighted by Crippen LogP contribution is 2.22. The fraction of sp³-hybridized carbons (Fsp3) is 0.100. The number of rotatable bonds is 2. The molecule has 0 aliphatic carbocycles. The van der Waals surface area contributed by atoms with Gasteiger partial charge >= 0.3 is 0 Å². The van der Waals surface area contributed by atoms with E-state index >= 15 is 0 Å². The highest BCUT2D eigenvalue weighted by molar-refractivity contribution is 9.10. The fourth-order valence-corrected chi connectivity index (χ4v) is 2.31. The third-order valence-corrected chi connectivity index (χ3v) is 3.28. The first-order chi connectivity index (χ1) is 7.20. The van der Waals surface area contributed by atoms with Gasteiger partial charge in [-0.3, -0.25) is 0 Å². The Kier molecular flexibility index (Phi) is 3.49. The third kappa shape index (κ3) is 2.44. The molecule has 5 heteroatoms. The minimum absolute atomic E-state index is 0.637. The van der Waals surface area contributed by atoms with Crippen LogP contribution in [0, 0.1) is 0 Å². The van der Waals surface area contributed by atoms with Crippen LogP contribution in [-0.4, -0.2) is 9.78 Å². The van der Waals surface area contributed by atoms with Crippen LogP contribution in [0.25, 0.3) is 5.69 Å². The van der Waals surface area contributed by atoms with E-state index in [2.05, 4.69) is 43.0 Å². The summed E-state index contributed by atoms with van der Waals surface area (Å²) < 4.78 is 2.82. The van der Waals surface area contributed by atoms with Gasteiger partial charge < -0.3 is 0 Å². The number of hydrogen-bond donors (Lipinski definition) is 0. The van der Waals surface area contributed by atoms with Gasteiger partial charge in [0.15, 0.2) is 0 Å². The average molecular weight is 350 g/mol. The van der Waals surface area contributed by atoms with Crippen LogP contribution in [-0.2, 0) is 5.33 Å². The van der Waals surface area contributed by atoms with Crippen molar-refractivity contribution in [2.24, 2.45) is 0 Å². The molecule has 0 saturated carbocycles. The first-order valence-corrected chi connectivity index (χ1v) is 6.55. The van der Waals surface area contributed by atoms with Crippen molar-refractivity contribution in [2.45, 2.75) is 5.33 Å². The highest BCUT2D eigenvalue weighted by Gasteiger charge is 2.05. The molecular weight excluding hydrogens is 343 g/mol. The van der Waals surface area contributed by atoms with Gasteiger partial charge in [-0.15, -0.1) is 0 Å². The van der Waals surface area contributed by atoms with E-state index in [9.17, 15) is 0 Å². The molecule has 0 bridgehead atoms. The Balaban J connectivity index is 2.52. The molecule has 0 spiro atoms. The van der Waals surface area contributed by atoms with Crippen molar-refractivity contribution in [3.05, 3.63) is 45.7 Å². The molecule has 78 valence electrons. The van der Waals surface area contributed by atoms with Crippen molar-refractivity contribution in [3.63, 3.8) is 0 Å². The lowest BCUT2D eigenvalue weighted by Gasteiger charge is -2.07. The van der Waals surface area contributed by atoms with E-state index < -0.39 is 0 Å². The number of halogens is 3. The number of aromatic nitrogens is 2. The van der Waals surface area contributed by atoms with Crippen molar-refractivity contribution < 1.29 is 0 Å². The molecule has 1 heterocycles. The average Bonchev–Trinajstić information content (AvgIpc) is 2.64. The van der Waals surface area contributed by atoms with E-state index in [4.69, 9.17) is 11.6 Å². The summed E-state index contributed by atoms with van der Waals surface area (Å²) in [4.78, 5) is 0. The van der Waals surface area contributed by atoms with E-state index in [1.165, 1.54) is 0 Å². The van der Waals surface area contributed by atoms with Crippen LogP contribution in [0.3, 0.4) is 0 Å². The standard InChI is InChI=1S/C10H7Br2ClN2/c11-4-7-3-8(12)1-2-10(7)15-6-9(13)5-14-15/h1-3,5-6H,4H2. The number of benzene rings is 1. The second-order valence-corrected chi connectivity index (χ2v) is 4.92. The molecule has 0 saturated heterocycles. The lowest BCUT2D eigenvalue weighted by atomic mass is 10.2. The van der Waals surface area contributed by atoms with E-state index in [0.29, 0.717) is 5.02 Å². The summed E-state index contributed by atoms with van der Waals surface area (Å²) in [6.07, 6.45) is 3.42. The topological polar surface area (TPSA) is 17.8 Å². The molecular formula is C10H7Br2ClN2. The van der Waals surface area contributed by atoms with Crippen LogP contribution < -0.4 is 0 Å². The van der Waals surface area contributed by atoms with E-state index in [0.717, 1.165) is 21.1 Å². The van der Waals surface area contributed by atoms with Gasteiger partial charge in [0.05, 0.1) is 16.9 Å². The molecule has 1 aromatic heterocycles. The molecule has 15 heavy (non-hydrogen) atoms. The molecule has 0 unspecified atom stereocenters. The molecule has 0 radical (unpaired) electrons. The largest absolute Gasteiger partial charge is 0.239 e. The van der Waals surface area contributed by atoms with Gasteiger partial charge in [-0.2, -0.15) is 5.10 Å². The first-order valence-electron chi connectivity index (χ1n) is 4.25. The van der Waals surface area contributed by atoms with Crippen LogP contribution in [0.15, 0.2) is 35.1 Å². The van der Waals surface area contributed by atoms with Gasteiger partial charge in [-0.25, -0.2) is 4.68 Å². The Morgan fingerprint density at radius 3 is 2.80 bits per heavy atom. The SMILES string of the molecule is Clc1cnn(-c2ccc(Br)cc2CBr)c1. The zero-order chi connectivity index (χ0) is 10.8. The van der Waals surface area contributed by atoms with Crippen LogP contribution in [0.4, 0.5) is 0 Å². The maximum absolute atomic E-state index is 5.83. The normalized spacial score (nSPS) is 10.6. The summed E-state index contributed by atoms with van der Waals surface area (Å²) in [5, 5.41) is 5.59. The van der Waals surface area contributed by atoms with Gasteiger partial charge in [0, 0.05) is 16.0 Å². The highest BCUT2D eigenvalue weighted by atomic mass is 79.9. The quantitative estimate of drug-likeness (QED) is 0.743. The minimum atomic E-state index is 0.637. The van der Waals surface area contributed by atoms with E-state index in [1.807, 2.05) is 12.1 Å². The van der Waals surface area contributed by atoms with Crippen molar-refractivity contribution >= 4 is 43.5 Å². The number of nitrogens with zero attached hydrogens (tertiary/aromatic N) is 2. The number of alkyl halides is 1. The molecule has 2 aromatic rings. The zero-order valence-corrected chi connectivity index (χ0v) is 11.6. The summed E-state index contributed by atoms with van der Waals surface area (Å²) in [7, 11) is 0. The Hall–Kier alpha value is -0.320. The van der Waals surface area contributed by atoms with Gasteiger partial charge in [0.1, 0.15) is 0 Å². The monoisotopic (exact) mass is 348 g/mol. The number of hydrogen-bond acceptors (Lipinski definition) is 1. The van der Waals surface area contributed by atoms with Gasteiger partial charge in [0.2, 0.25) is 0 Å². The lowest BCUT2D eigenvalue weighted by Crippen LogP contribution is -1.98. The van der Waals surface area contributed by atoms with E-state index in [-0.39, 0.29) is 0 Å². The molecule has 0 N–H and O–H groups in total. The van der Waals surface area contributed by atoms with Gasteiger partial charge in [-0.05, 0) is 23.8 Å². The molecule has 2 nitrogen and oxygen atoms in total. The molecule has 0 aliphatic rings. The molecule has 0 atom stereocenters. The minimum Gasteiger partial charge on any atom is -0.239 e. The summed E-state index contributed by atoms with van der Waals surface area (Å²) in [5.41, 5.74) is 2.19. The fourth-order valence-electron chi connectivity index (χ4n) is 1.32. The summed E-state index contributed by atoms with van der Waals surface area (Å²) >= 11 is 12.7. The Labute approximate surface area is 109 Å². The van der Waals surface area contributed by atoms with Crippen molar-refractivity contribution in [1.82, 2.24) is 9.78 Å². The summed E-state index contributed by atoms with van der Waals surface area (Å²) in [5.74, 6) is 0. The van der Waals surface area contributed by atoms with Gasteiger partial charge in [0.25, 0.3) is 0 Å². The van der Waals surface area contributed by atoms with Crippen LogP contribution in [0.2, 0.25) is 5.02 Å².